The van der Waals surface area contributed by atoms with Crippen molar-refractivity contribution in [3.63, 3.8) is 0 Å². The molecule has 2 heterocycles. The molecule has 4 N–H and O–H groups in total. The number of ether oxygens (including phenoxy) is 2. The number of nitrogens with two attached hydrogens (primary N) is 1. The van der Waals surface area contributed by atoms with Crippen molar-refractivity contribution in [2.45, 2.75) is 139 Å². The number of hydrogen-bond acceptors (Lipinski definition) is 8. The number of allylic oxidation sites excluding steroid dienone is 1. The zero-order valence-electron chi connectivity index (χ0n) is 33.0. The fourth-order valence-corrected chi connectivity index (χ4v) is 12.6. The van der Waals surface area contributed by atoms with Crippen LogP contribution in [0.3, 0.4) is 0 Å². The molecular weight excluding hydrogens is 628 g/mol. The minimum absolute atomic E-state index is 0.146. The molecule has 1 aromatic heterocycles. The van der Waals surface area contributed by atoms with E-state index in [1.54, 1.807) is 4.80 Å². The van der Waals surface area contributed by atoms with Gasteiger partial charge in [-0.1, -0.05) is 86.0 Å². The molecule has 1 aliphatic heterocycles. The van der Waals surface area contributed by atoms with E-state index in [1.807, 2.05) is 0 Å². The van der Waals surface area contributed by atoms with Crippen LogP contribution < -0.4 is 11.1 Å². The standard InChI is InChI=1S/C40H68N6O4/c1-12-19-42-39(11,25(4)5)22-50-32-29(46-44-34(41)43-45-46)20-40-23-49-21-36(32,8)30(40)14-13-27-28(40)15-16-38(10)31(33(47)48)35(7,26(6)24(2)3)17-18-37(27,38)9/h15,24-27,29-32,42H,12-14,16-23H2,1-11H3,(H2,41,44)(H,47,48)/t26-,27+,29-,30+,31-,32+,35-,36+,37-,38+,39+,40?/m1/s1. The van der Waals surface area contributed by atoms with Crippen molar-refractivity contribution in [1.29, 1.82) is 0 Å². The number of rotatable bonds is 11. The molecule has 0 spiro atoms. The third-order valence-electron chi connectivity index (χ3n) is 16.4. The highest BCUT2D eigenvalue weighted by molar-refractivity contribution is 5.73. The summed E-state index contributed by atoms with van der Waals surface area (Å²) < 4.78 is 13.9. The number of carboxylic acids is 1. The van der Waals surface area contributed by atoms with Crippen LogP contribution >= 0.6 is 0 Å². The van der Waals surface area contributed by atoms with Crippen LogP contribution in [0.5, 0.6) is 0 Å². The molecule has 4 fully saturated rings. The van der Waals surface area contributed by atoms with Gasteiger partial charge in [-0.25, -0.2) is 0 Å². The van der Waals surface area contributed by atoms with Crippen LogP contribution in [0.4, 0.5) is 5.95 Å². The Morgan fingerprint density at radius 2 is 1.86 bits per heavy atom. The quantitative estimate of drug-likeness (QED) is 0.205. The smallest absolute Gasteiger partial charge is 0.307 e. The number of nitrogens with zero attached hydrogens (tertiary/aromatic N) is 4. The van der Waals surface area contributed by atoms with E-state index in [2.05, 4.69) is 103 Å². The monoisotopic (exact) mass is 697 g/mol. The van der Waals surface area contributed by atoms with E-state index >= 15 is 0 Å². The first-order valence-electron chi connectivity index (χ1n) is 19.8. The van der Waals surface area contributed by atoms with Crippen molar-refractivity contribution in [1.82, 2.24) is 25.5 Å². The predicted octanol–water partition coefficient (Wildman–Crippen LogP) is 7.18. The summed E-state index contributed by atoms with van der Waals surface area (Å²) in [5.74, 6) is 0.894. The number of nitrogen functional groups attached to an aromatic ring is 1. The Labute approximate surface area is 301 Å². The fourth-order valence-electron chi connectivity index (χ4n) is 12.6. The molecule has 0 radical (unpaired) electrons. The average Bonchev–Trinajstić information content (AvgIpc) is 3.48. The maximum Gasteiger partial charge on any atom is 0.307 e. The minimum Gasteiger partial charge on any atom is -0.481 e. The van der Waals surface area contributed by atoms with Gasteiger partial charge < -0.3 is 25.6 Å². The van der Waals surface area contributed by atoms with Crippen molar-refractivity contribution in [3.8, 4) is 0 Å². The predicted molar refractivity (Wildman–Crippen MR) is 196 cm³/mol. The number of fused-ring (bicyclic) bond motifs is 3. The van der Waals surface area contributed by atoms with Crippen LogP contribution in [0.1, 0.15) is 127 Å². The van der Waals surface area contributed by atoms with Crippen molar-refractivity contribution in [2.24, 2.45) is 62.6 Å². The highest BCUT2D eigenvalue weighted by Crippen LogP contribution is 2.75. The fraction of sp³-hybridized carbons (Fsp3) is 0.900. The molecule has 0 aromatic carbocycles. The number of carbonyl (C=O) groups is 1. The van der Waals surface area contributed by atoms with E-state index in [1.165, 1.54) is 5.57 Å². The number of aliphatic carboxylic acids is 1. The molecular formula is C40H68N6O4. The number of hydrogen-bond donors (Lipinski definition) is 3. The van der Waals surface area contributed by atoms with Gasteiger partial charge in [-0.2, -0.15) is 4.80 Å². The lowest BCUT2D eigenvalue weighted by Gasteiger charge is -2.71. The zero-order chi connectivity index (χ0) is 36.7. The van der Waals surface area contributed by atoms with Crippen molar-refractivity contribution >= 4 is 11.9 Å². The Hall–Kier alpha value is -2.04. The number of anilines is 1. The summed E-state index contributed by atoms with van der Waals surface area (Å²) in [6.07, 6.45) is 9.03. The van der Waals surface area contributed by atoms with Crippen LogP contribution in [0.25, 0.3) is 0 Å². The van der Waals surface area contributed by atoms with Gasteiger partial charge in [0.15, 0.2) is 0 Å². The van der Waals surface area contributed by atoms with Crippen molar-refractivity contribution in [3.05, 3.63) is 11.6 Å². The number of carboxylic acid groups (broad SMARTS) is 1. The molecule has 10 nitrogen and oxygen atoms in total. The maximum atomic E-state index is 13.5. The normalized spacial score (nSPS) is 43.0. The third kappa shape index (κ3) is 5.34. The van der Waals surface area contributed by atoms with Gasteiger partial charge in [0.05, 0.1) is 31.8 Å². The lowest BCUT2D eigenvalue weighted by molar-refractivity contribution is -0.254. The Balaban J connectivity index is 1.42. The summed E-state index contributed by atoms with van der Waals surface area (Å²) in [7, 11) is 0. The third-order valence-corrected chi connectivity index (χ3v) is 16.4. The first-order valence-corrected chi connectivity index (χ1v) is 19.8. The summed E-state index contributed by atoms with van der Waals surface area (Å²) in [6.45, 7) is 28.0. The van der Waals surface area contributed by atoms with E-state index < -0.39 is 11.9 Å². The molecule has 5 aliphatic rings. The molecule has 3 saturated carbocycles. The summed E-state index contributed by atoms with van der Waals surface area (Å²) in [5, 5.41) is 28.1. The van der Waals surface area contributed by atoms with E-state index in [0.717, 1.165) is 51.5 Å². The first-order chi connectivity index (χ1) is 23.3. The summed E-state index contributed by atoms with van der Waals surface area (Å²) in [4.78, 5) is 15.2. The van der Waals surface area contributed by atoms with Gasteiger partial charge in [0, 0.05) is 16.4 Å². The number of nitrogens with one attached hydrogen (secondary N) is 1. The minimum atomic E-state index is -0.625. The van der Waals surface area contributed by atoms with Crippen LogP contribution in [-0.4, -0.2) is 69.3 Å². The molecule has 2 bridgehead atoms. The van der Waals surface area contributed by atoms with Gasteiger partial charge in [0.2, 0.25) is 0 Å². The summed E-state index contributed by atoms with van der Waals surface area (Å²) >= 11 is 0. The second kappa shape index (κ2) is 12.8. The Morgan fingerprint density at radius 1 is 1.14 bits per heavy atom. The van der Waals surface area contributed by atoms with Gasteiger partial charge in [0.25, 0.3) is 5.95 Å². The number of aromatic nitrogens is 4. The summed E-state index contributed by atoms with van der Waals surface area (Å²) in [5.41, 5.74) is 6.14. The van der Waals surface area contributed by atoms with E-state index in [-0.39, 0.29) is 50.7 Å². The van der Waals surface area contributed by atoms with Gasteiger partial charge in [0.1, 0.15) is 6.04 Å². The van der Waals surface area contributed by atoms with E-state index in [4.69, 9.17) is 15.2 Å². The van der Waals surface area contributed by atoms with Crippen molar-refractivity contribution in [2.75, 3.05) is 32.1 Å². The van der Waals surface area contributed by atoms with Crippen LogP contribution in [-0.2, 0) is 14.3 Å². The molecule has 50 heavy (non-hydrogen) atoms. The Bertz CT molecular complexity index is 1460. The highest BCUT2D eigenvalue weighted by Gasteiger charge is 2.72. The topological polar surface area (TPSA) is 137 Å². The summed E-state index contributed by atoms with van der Waals surface area (Å²) in [6, 6.07) is -0.165. The van der Waals surface area contributed by atoms with Gasteiger partial charge in [-0.3, -0.25) is 4.79 Å². The molecule has 10 heteroatoms. The maximum absolute atomic E-state index is 13.5. The Morgan fingerprint density at radius 3 is 2.46 bits per heavy atom. The lowest BCUT2D eigenvalue weighted by Crippen LogP contribution is -2.69. The zero-order valence-corrected chi connectivity index (χ0v) is 33.0. The largest absolute Gasteiger partial charge is 0.481 e. The van der Waals surface area contributed by atoms with Crippen LogP contribution in [0, 0.1) is 62.6 Å². The second-order valence-electron chi connectivity index (χ2n) is 19.3. The van der Waals surface area contributed by atoms with Crippen LogP contribution in [0.15, 0.2) is 11.6 Å². The van der Waals surface area contributed by atoms with Gasteiger partial charge in [-0.15, -0.1) is 5.10 Å². The molecule has 1 unspecified atom stereocenters. The second-order valence-corrected chi connectivity index (χ2v) is 19.3. The van der Waals surface area contributed by atoms with E-state index in [0.29, 0.717) is 49.4 Å². The van der Waals surface area contributed by atoms with Gasteiger partial charge >= 0.3 is 5.97 Å². The lowest BCUT2D eigenvalue weighted by atomic mass is 9.34. The molecule has 1 aromatic rings. The van der Waals surface area contributed by atoms with Crippen molar-refractivity contribution < 1.29 is 19.4 Å². The molecule has 282 valence electrons. The van der Waals surface area contributed by atoms with E-state index in [9.17, 15) is 9.90 Å². The van der Waals surface area contributed by atoms with Gasteiger partial charge in [-0.05, 0) is 109 Å². The molecule has 4 aliphatic carbocycles. The molecule has 1 saturated heterocycles. The molecule has 6 rings (SSSR count). The Kier molecular flexibility index (Phi) is 9.67. The van der Waals surface area contributed by atoms with Crippen LogP contribution in [0.2, 0.25) is 0 Å². The average molecular weight is 697 g/mol. The molecule has 12 atom stereocenters. The SMILES string of the molecule is CCCN[C@@](C)(CO[C@H]1[C@H](n2nnc(N)n2)CC23COC[C@@]1(C)[C@@H]2CC[C@H]1C3=CC[C@@]2(C)[C@H](C(=O)O)[C@@](C)([C@H](C)C(C)C)CC[C@]12C)C(C)C. The highest BCUT2D eigenvalue weighted by atomic mass is 16.5. The first kappa shape index (κ1) is 37.7. The molecule has 0 amide bonds. The number of tetrazole rings is 1.